The van der Waals surface area contributed by atoms with Crippen LogP contribution in [-0.4, -0.2) is 51.0 Å². The van der Waals surface area contributed by atoms with Crippen LogP contribution in [0.25, 0.3) is 0 Å². The fraction of sp³-hybridized carbons (Fsp3) is 0.579. The van der Waals surface area contributed by atoms with Gasteiger partial charge in [-0.25, -0.2) is 19.9 Å². The van der Waals surface area contributed by atoms with Gasteiger partial charge in [0.05, 0.1) is 0 Å². The molecule has 0 N–H and O–H groups in total. The van der Waals surface area contributed by atoms with E-state index in [1.807, 2.05) is 18.6 Å². The summed E-state index contributed by atoms with van der Waals surface area (Å²) in [5, 5.41) is 0. The molecule has 6 heteroatoms. The van der Waals surface area contributed by atoms with Gasteiger partial charge >= 0.3 is 0 Å². The number of likely N-dealkylation sites (tertiary alicyclic amines) is 1. The average Bonchev–Trinajstić information content (AvgIpc) is 3.29. The van der Waals surface area contributed by atoms with E-state index < -0.39 is 0 Å². The Labute approximate surface area is 148 Å². The third-order valence-corrected chi connectivity index (χ3v) is 5.80. The van der Waals surface area contributed by atoms with Crippen LogP contribution in [0, 0.1) is 18.8 Å². The third-order valence-electron chi connectivity index (χ3n) is 5.80. The minimum absolute atomic E-state index is 0.636. The van der Waals surface area contributed by atoms with Gasteiger partial charge in [0.25, 0.3) is 0 Å². The lowest BCUT2D eigenvalue weighted by atomic mass is 10.0. The van der Waals surface area contributed by atoms with Crippen LogP contribution in [0.1, 0.15) is 35.7 Å². The second-order valence-corrected chi connectivity index (χ2v) is 7.87. The Kier molecular flexibility index (Phi) is 3.66. The number of hydrogen-bond donors (Lipinski definition) is 0. The zero-order chi connectivity index (χ0) is 16.8. The molecule has 3 aliphatic rings. The third kappa shape index (κ3) is 2.99. The second kappa shape index (κ2) is 6.02. The summed E-state index contributed by atoms with van der Waals surface area (Å²) in [5.74, 6) is 4.26. The Bertz CT molecular complexity index is 743. The first-order chi connectivity index (χ1) is 12.3. The van der Waals surface area contributed by atoms with Crippen molar-refractivity contribution in [1.29, 1.82) is 0 Å². The second-order valence-electron chi connectivity index (χ2n) is 7.87. The van der Waals surface area contributed by atoms with Crippen LogP contribution in [0.3, 0.4) is 0 Å². The fourth-order valence-corrected chi connectivity index (χ4v) is 4.37. The molecule has 2 saturated heterocycles. The number of hydrogen-bond acceptors (Lipinski definition) is 6. The minimum Gasteiger partial charge on any atom is -0.356 e. The number of aryl methyl sites for hydroxylation is 1. The van der Waals surface area contributed by atoms with Crippen molar-refractivity contribution in [2.75, 3.05) is 31.1 Å². The quantitative estimate of drug-likeness (QED) is 0.851. The van der Waals surface area contributed by atoms with Gasteiger partial charge in [0, 0.05) is 68.4 Å². The van der Waals surface area contributed by atoms with E-state index in [0.29, 0.717) is 5.92 Å². The first-order valence-corrected chi connectivity index (χ1v) is 9.31. The molecule has 0 spiro atoms. The largest absolute Gasteiger partial charge is 0.356 e. The molecule has 0 bridgehead atoms. The molecule has 2 aromatic heterocycles. The molecule has 5 rings (SSSR count). The Morgan fingerprint density at radius 2 is 1.68 bits per heavy atom. The highest BCUT2D eigenvalue weighted by Crippen LogP contribution is 2.38. The number of rotatable bonds is 4. The molecule has 1 aliphatic carbocycles. The van der Waals surface area contributed by atoms with Crippen LogP contribution >= 0.6 is 0 Å². The van der Waals surface area contributed by atoms with Gasteiger partial charge in [0.2, 0.25) is 0 Å². The maximum Gasteiger partial charge on any atom is 0.134 e. The monoisotopic (exact) mass is 336 g/mol. The molecule has 2 unspecified atom stereocenters. The van der Waals surface area contributed by atoms with Crippen molar-refractivity contribution in [3.8, 4) is 0 Å². The van der Waals surface area contributed by atoms with Gasteiger partial charge in [-0.3, -0.25) is 4.90 Å². The fourth-order valence-electron chi connectivity index (χ4n) is 4.37. The SMILES string of the molecule is Cc1cncnc1N1CC2CN(Cc3cnc(C4CC4)nc3)CC2C1. The van der Waals surface area contributed by atoms with Crippen LogP contribution < -0.4 is 4.90 Å². The molecule has 3 fully saturated rings. The minimum atomic E-state index is 0.636. The van der Waals surface area contributed by atoms with Gasteiger partial charge in [-0.15, -0.1) is 0 Å². The molecule has 4 heterocycles. The van der Waals surface area contributed by atoms with E-state index in [1.165, 1.54) is 24.0 Å². The molecule has 0 radical (unpaired) electrons. The average molecular weight is 336 g/mol. The summed E-state index contributed by atoms with van der Waals surface area (Å²) in [5.41, 5.74) is 2.42. The number of fused-ring (bicyclic) bond motifs is 1. The molecule has 6 nitrogen and oxygen atoms in total. The van der Waals surface area contributed by atoms with Crippen molar-refractivity contribution < 1.29 is 0 Å². The molecule has 2 aliphatic heterocycles. The topological polar surface area (TPSA) is 58.0 Å². The summed E-state index contributed by atoms with van der Waals surface area (Å²) in [4.78, 5) is 22.7. The van der Waals surface area contributed by atoms with Gasteiger partial charge in [0.15, 0.2) is 0 Å². The maximum absolute atomic E-state index is 4.56. The van der Waals surface area contributed by atoms with Crippen molar-refractivity contribution in [2.45, 2.75) is 32.2 Å². The van der Waals surface area contributed by atoms with E-state index >= 15 is 0 Å². The van der Waals surface area contributed by atoms with Crippen LogP contribution in [0.4, 0.5) is 5.82 Å². The van der Waals surface area contributed by atoms with Crippen molar-refractivity contribution in [3.63, 3.8) is 0 Å². The summed E-state index contributed by atoms with van der Waals surface area (Å²) in [6, 6.07) is 0. The van der Waals surface area contributed by atoms with Gasteiger partial charge < -0.3 is 4.90 Å². The van der Waals surface area contributed by atoms with Crippen LogP contribution in [0.15, 0.2) is 24.9 Å². The highest BCUT2D eigenvalue weighted by Gasteiger charge is 2.40. The molecule has 2 aromatic rings. The Morgan fingerprint density at radius 3 is 2.32 bits per heavy atom. The normalized spacial score (nSPS) is 26.2. The Hall–Kier alpha value is -2.08. The van der Waals surface area contributed by atoms with Crippen LogP contribution in [0.2, 0.25) is 0 Å². The van der Waals surface area contributed by atoms with Gasteiger partial charge in [0.1, 0.15) is 18.0 Å². The van der Waals surface area contributed by atoms with Crippen molar-refractivity contribution in [2.24, 2.45) is 11.8 Å². The van der Waals surface area contributed by atoms with Gasteiger partial charge in [-0.2, -0.15) is 0 Å². The summed E-state index contributed by atoms with van der Waals surface area (Å²) < 4.78 is 0. The lowest BCUT2D eigenvalue weighted by molar-refractivity contribution is 0.308. The predicted octanol–water partition coefficient (Wildman–Crippen LogP) is 2.02. The van der Waals surface area contributed by atoms with Crippen molar-refractivity contribution in [1.82, 2.24) is 24.8 Å². The predicted molar refractivity (Wildman–Crippen MR) is 95.2 cm³/mol. The number of aromatic nitrogens is 4. The lowest BCUT2D eigenvalue weighted by Crippen LogP contribution is -2.29. The summed E-state index contributed by atoms with van der Waals surface area (Å²) in [6.45, 7) is 7.61. The van der Waals surface area contributed by atoms with E-state index in [9.17, 15) is 0 Å². The zero-order valence-electron chi connectivity index (χ0n) is 14.7. The lowest BCUT2D eigenvalue weighted by Gasteiger charge is -2.23. The molecule has 0 amide bonds. The first-order valence-electron chi connectivity index (χ1n) is 9.31. The number of anilines is 1. The molecular formula is C19H24N6. The summed E-state index contributed by atoms with van der Waals surface area (Å²) in [7, 11) is 0. The number of nitrogens with zero attached hydrogens (tertiary/aromatic N) is 6. The first kappa shape index (κ1) is 15.2. The molecule has 1 saturated carbocycles. The molecule has 25 heavy (non-hydrogen) atoms. The zero-order valence-corrected chi connectivity index (χ0v) is 14.7. The van der Waals surface area contributed by atoms with Crippen LogP contribution in [0.5, 0.6) is 0 Å². The van der Waals surface area contributed by atoms with Gasteiger partial charge in [-0.1, -0.05) is 0 Å². The van der Waals surface area contributed by atoms with E-state index in [2.05, 4.69) is 36.7 Å². The van der Waals surface area contributed by atoms with Gasteiger partial charge in [-0.05, 0) is 31.6 Å². The molecule has 130 valence electrons. The van der Waals surface area contributed by atoms with E-state index in [4.69, 9.17) is 0 Å². The standard InChI is InChI=1S/C19H24N6/c1-13-4-20-12-23-19(13)25-10-16-8-24(9-17(16)11-25)7-14-5-21-18(22-6-14)15-2-3-15/h4-6,12,15-17H,2-3,7-11H2,1H3. The van der Waals surface area contributed by atoms with Crippen molar-refractivity contribution in [3.05, 3.63) is 41.9 Å². The van der Waals surface area contributed by atoms with Crippen molar-refractivity contribution >= 4 is 5.82 Å². The molecule has 0 aromatic carbocycles. The van der Waals surface area contributed by atoms with Crippen LogP contribution in [-0.2, 0) is 6.54 Å². The summed E-state index contributed by atoms with van der Waals surface area (Å²) in [6.07, 6.45) is 10.2. The van der Waals surface area contributed by atoms with E-state index in [-0.39, 0.29) is 0 Å². The smallest absolute Gasteiger partial charge is 0.134 e. The van der Waals surface area contributed by atoms with E-state index in [0.717, 1.165) is 56.2 Å². The molecule has 2 atom stereocenters. The Morgan fingerprint density at radius 1 is 0.960 bits per heavy atom. The maximum atomic E-state index is 4.56. The van der Waals surface area contributed by atoms with E-state index in [1.54, 1.807) is 6.33 Å². The Balaban J connectivity index is 1.20. The molecular weight excluding hydrogens is 312 g/mol. The summed E-state index contributed by atoms with van der Waals surface area (Å²) >= 11 is 0. The highest BCUT2D eigenvalue weighted by molar-refractivity contribution is 5.46. The highest BCUT2D eigenvalue weighted by atomic mass is 15.3.